The Bertz CT molecular complexity index is 465. The summed E-state index contributed by atoms with van der Waals surface area (Å²) in [7, 11) is 0. The van der Waals surface area contributed by atoms with Gasteiger partial charge in [0.15, 0.2) is 9.91 Å². The van der Waals surface area contributed by atoms with Gasteiger partial charge in [0.1, 0.15) is 0 Å². The number of nitrogens with zero attached hydrogens (tertiary/aromatic N) is 1. The van der Waals surface area contributed by atoms with E-state index in [1.807, 2.05) is 0 Å². The Balaban J connectivity index is 1.65. The molecule has 3 nitrogen and oxygen atoms in total. The summed E-state index contributed by atoms with van der Waals surface area (Å²) in [6.07, 6.45) is 0.326. The van der Waals surface area contributed by atoms with Gasteiger partial charge in [-0.2, -0.15) is 13.2 Å². The quantitative estimate of drug-likeness (QED) is 0.852. The molecule has 0 aromatic heterocycles. The molecule has 1 aliphatic heterocycles. The number of amides is 1. The SMILES string of the molecule is C[C@@]1(C(F)(F)F)SC(=NC[C@@H]2C[C@@H]3CCC2C3)NC1=O. The van der Waals surface area contributed by atoms with Gasteiger partial charge in [-0.1, -0.05) is 18.2 Å². The van der Waals surface area contributed by atoms with Crippen LogP contribution in [0.3, 0.4) is 0 Å². The molecule has 112 valence electrons. The van der Waals surface area contributed by atoms with E-state index in [0.717, 1.165) is 19.3 Å². The van der Waals surface area contributed by atoms with Gasteiger partial charge in [-0.05, 0) is 43.9 Å². The molecule has 3 fully saturated rings. The summed E-state index contributed by atoms with van der Waals surface area (Å²) in [5, 5.41) is 2.40. The number of amidine groups is 1. The zero-order valence-corrected chi connectivity index (χ0v) is 12.0. The number of hydrogen-bond donors (Lipinski definition) is 1. The molecule has 1 amide bonds. The first-order valence-electron chi connectivity index (χ1n) is 6.91. The third-order valence-electron chi connectivity index (χ3n) is 4.85. The van der Waals surface area contributed by atoms with E-state index in [1.165, 1.54) is 19.3 Å². The van der Waals surface area contributed by atoms with E-state index in [2.05, 4.69) is 10.3 Å². The maximum Gasteiger partial charge on any atom is 0.412 e. The second-order valence-corrected chi connectivity index (χ2v) is 7.58. The van der Waals surface area contributed by atoms with Crippen LogP contribution in [0.4, 0.5) is 13.2 Å². The fourth-order valence-corrected chi connectivity index (χ4v) is 4.47. The molecule has 0 aromatic rings. The number of hydrogen-bond acceptors (Lipinski definition) is 3. The Hall–Kier alpha value is -0.720. The van der Waals surface area contributed by atoms with E-state index < -0.39 is 16.8 Å². The number of halogens is 3. The van der Waals surface area contributed by atoms with Gasteiger partial charge >= 0.3 is 6.18 Å². The van der Waals surface area contributed by atoms with Crippen LogP contribution in [0.5, 0.6) is 0 Å². The first kappa shape index (κ1) is 14.2. The minimum absolute atomic E-state index is 0.123. The van der Waals surface area contributed by atoms with Crippen molar-refractivity contribution >= 4 is 22.8 Å². The lowest BCUT2D eigenvalue weighted by atomic mass is 9.89. The summed E-state index contributed by atoms with van der Waals surface area (Å²) in [5.74, 6) is 0.940. The van der Waals surface area contributed by atoms with Crippen LogP contribution in [-0.2, 0) is 4.79 Å². The second kappa shape index (κ2) is 4.64. The van der Waals surface area contributed by atoms with Crippen LogP contribution in [0.2, 0.25) is 0 Å². The fraction of sp³-hybridized carbons (Fsp3) is 0.846. The summed E-state index contributed by atoms with van der Waals surface area (Å²) in [4.78, 5) is 15.8. The summed E-state index contributed by atoms with van der Waals surface area (Å²) in [6, 6.07) is 0. The molecule has 20 heavy (non-hydrogen) atoms. The zero-order chi connectivity index (χ0) is 14.5. The minimum Gasteiger partial charge on any atom is -0.304 e. The van der Waals surface area contributed by atoms with Gasteiger partial charge in [0.05, 0.1) is 0 Å². The average Bonchev–Trinajstić information content (AvgIpc) is 3.01. The van der Waals surface area contributed by atoms with E-state index in [-0.39, 0.29) is 5.17 Å². The third kappa shape index (κ3) is 2.23. The Labute approximate surface area is 119 Å². The fourth-order valence-electron chi connectivity index (χ4n) is 3.54. The van der Waals surface area contributed by atoms with Gasteiger partial charge in [-0.25, -0.2) is 0 Å². The number of rotatable bonds is 2. The smallest absolute Gasteiger partial charge is 0.304 e. The van der Waals surface area contributed by atoms with Crippen LogP contribution in [-0.4, -0.2) is 28.5 Å². The highest BCUT2D eigenvalue weighted by atomic mass is 32.2. The van der Waals surface area contributed by atoms with E-state index in [9.17, 15) is 18.0 Å². The molecular formula is C13H17F3N2OS. The lowest BCUT2D eigenvalue weighted by molar-refractivity contribution is -0.166. The van der Waals surface area contributed by atoms with Crippen LogP contribution in [0.25, 0.3) is 0 Å². The topological polar surface area (TPSA) is 41.5 Å². The molecule has 1 N–H and O–H groups in total. The number of carbonyl (C=O) groups is 1. The van der Waals surface area contributed by atoms with Crippen molar-refractivity contribution in [2.45, 2.75) is 43.5 Å². The molecule has 3 aliphatic rings. The molecule has 1 unspecified atom stereocenters. The van der Waals surface area contributed by atoms with Crippen LogP contribution in [0.15, 0.2) is 4.99 Å². The van der Waals surface area contributed by atoms with Crippen molar-refractivity contribution in [1.82, 2.24) is 5.32 Å². The number of carbonyl (C=O) groups excluding carboxylic acids is 1. The van der Waals surface area contributed by atoms with Crippen molar-refractivity contribution in [2.75, 3.05) is 6.54 Å². The van der Waals surface area contributed by atoms with Crippen molar-refractivity contribution < 1.29 is 18.0 Å². The molecule has 7 heteroatoms. The van der Waals surface area contributed by atoms with Crippen LogP contribution >= 0.6 is 11.8 Å². The number of alkyl halides is 3. The highest BCUT2D eigenvalue weighted by Crippen LogP contribution is 2.49. The standard InChI is InChI=1S/C13H17F3N2OS/c1-12(13(14,15)16)10(19)18-11(20-12)17-6-9-5-7-2-3-8(9)4-7/h7-9H,2-6H2,1H3,(H,17,18,19)/t7-,8?,9+,12-/m1/s1. The largest absolute Gasteiger partial charge is 0.412 e. The molecule has 1 heterocycles. The molecule has 0 spiro atoms. The summed E-state index contributed by atoms with van der Waals surface area (Å²) < 4.78 is 36.3. The summed E-state index contributed by atoms with van der Waals surface area (Å²) in [6.45, 7) is 1.45. The van der Waals surface area contributed by atoms with Crippen LogP contribution < -0.4 is 5.32 Å². The zero-order valence-electron chi connectivity index (χ0n) is 11.2. The molecule has 4 atom stereocenters. The summed E-state index contributed by atoms with van der Waals surface area (Å²) in [5.41, 5.74) is 0. The lowest BCUT2D eigenvalue weighted by Crippen LogP contribution is -2.46. The van der Waals surface area contributed by atoms with E-state index >= 15 is 0 Å². The van der Waals surface area contributed by atoms with Crippen molar-refractivity contribution in [1.29, 1.82) is 0 Å². The predicted molar refractivity (Wildman–Crippen MR) is 71.4 cm³/mol. The van der Waals surface area contributed by atoms with Gasteiger partial charge in [0.2, 0.25) is 0 Å². The van der Waals surface area contributed by atoms with E-state index in [1.54, 1.807) is 0 Å². The highest BCUT2D eigenvalue weighted by molar-refractivity contribution is 8.16. The van der Waals surface area contributed by atoms with E-state index in [4.69, 9.17) is 0 Å². The van der Waals surface area contributed by atoms with Crippen molar-refractivity contribution in [3.8, 4) is 0 Å². The molecular weight excluding hydrogens is 289 g/mol. The third-order valence-corrected chi connectivity index (χ3v) is 6.10. The number of thioether (sulfide) groups is 1. The maximum absolute atomic E-state index is 12.9. The van der Waals surface area contributed by atoms with E-state index in [0.29, 0.717) is 30.1 Å². The first-order chi connectivity index (χ1) is 9.29. The Morgan fingerprint density at radius 2 is 2.15 bits per heavy atom. The summed E-state index contributed by atoms with van der Waals surface area (Å²) >= 11 is 0.496. The van der Waals surface area contributed by atoms with Gasteiger partial charge in [-0.3, -0.25) is 9.79 Å². The molecule has 1 saturated heterocycles. The average molecular weight is 306 g/mol. The number of fused-ring (bicyclic) bond motifs is 2. The Kier molecular flexibility index (Phi) is 3.30. The predicted octanol–water partition coefficient (Wildman–Crippen LogP) is 2.96. The second-order valence-electron chi connectivity index (χ2n) is 6.17. The number of aliphatic imine (C=N–C) groups is 1. The normalized spacial score (nSPS) is 42.5. The highest BCUT2D eigenvalue weighted by Gasteiger charge is 2.61. The molecule has 0 aromatic carbocycles. The Morgan fingerprint density at radius 3 is 2.65 bits per heavy atom. The van der Waals surface area contributed by atoms with Crippen molar-refractivity contribution in [3.05, 3.63) is 0 Å². The monoisotopic (exact) mass is 306 g/mol. The lowest BCUT2D eigenvalue weighted by Gasteiger charge is -2.22. The molecule has 0 radical (unpaired) electrons. The van der Waals surface area contributed by atoms with Gasteiger partial charge in [0.25, 0.3) is 5.91 Å². The maximum atomic E-state index is 12.9. The molecule has 3 rings (SSSR count). The first-order valence-corrected chi connectivity index (χ1v) is 7.73. The van der Waals surface area contributed by atoms with Gasteiger partial charge < -0.3 is 5.32 Å². The van der Waals surface area contributed by atoms with Crippen molar-refractivity contribution in [2.24, 2.45) is 22.7 Å². The Morgan fingerprint density at radius 1 is 1.40 bits per heavy atom. The van der Waals surface area contributed by atoms with Crippen molar-refractivity contribution in [3.63, 3.8) is 0 Å². The minimum atomic E-state index is -4.56. The van der Waals surface area contributed by atoms with Crippen LogP contribution in [0, 0.1) is 17.8 Å². The molecule has 2 bridgehead atoms. The molecule has 2 aliphatic carbocycles. The van der Waals surface area contributed by atoms with Crippen LogP contribution in [0.1, 0.15) is 32.6 Å². The van der Waals surface area contributed by atoms with Gasteiger partial charge in [-0.15, -0.1) is 0 Å². The molecule has 2 saturated carbocycles. The number of nitrogens with one attached hydrogen (secondary N) is 1. The van der Waals surface area contributed by atoms with Gasteiger partial charge in [0, 0.05) is 6.54 Å².